The number of rotatable bonds is 7. The molecule has 0 fully saturated rings. The number of thiazole rings is 1. The van der Waals surface area contributed by atoms with Crippen molar-refractivity contribution in [1.82, 2.24) is 15.6 Å². The molecule has 2 aromatic heterocycles. The Morgan fingerprint density at radius 3 is 2.86 bits per heavy atom. The molecule has 0 saturated carbocycles. The molecule has 0 aliphatic heterocycles. The van der Waals surface area contributed by atoms with E-state index in [4.69, 9.17) is 0 Å². The van der Waals surface area contributed by atoms with Crippen LogP contribution in [0.2, 0.25) is 0 Å². The smallest absolute Gasteiger partial charge is 0.191 e. The van der Waals surface area contributed by atoms with Gasteiger partial charge in [0.15, 0.2) is 5.96 Å². The highest BCUT2D eigenvalue weighted by atomic mass is 32.1. The van der Waals surface area contributed by atoms with Crippen molar-refractivity contribution in [2.45, 2.75) is 33.1 Å². The fourth-order valence-corrected chi connectivity index (χ4v) is 3.49. The molecule has 2 aromatic rings. The van der Waals surface area contributed by atoms with E-state index in [9.17, 15) is 0 Å². The number of hydrogen-bond donors (Lipinski definition) is 2. The highest BCUT2D eigenvalue weighted by molar-refractivity contribution is 7.10. The summed E-state index contributed by atoms with van der Waals surface area (Å²) in [5.41, 5.74) is 1.15. The molecular weight excluding hydrogens is 312 g/mol. The normalized spacial score (nSPS) is 13.1. The van der Waals surface area contributed by atoms with Crippen LogP contribution in [0, 0.1) is 6.92 Å². The first-order valence-electron chi connectivity index (χ1n) is 7.65. The molecule has 120 valence electrons. The van der Waals surface area contributed by atoms with E-state index < -0.39 is 0 Å². The summed E-state index contributed by atoms with van der Waals surface area (Å²) in [5.74, 6) is 1.34. The monoisotopic (exact) mass is 336 g/mol. The topological polar surface area (TPSA) is 49.3 Å². The van der Waals surface area contributed by atoms with Gasteiger partial charge in [0.2, 0.25) is 0 Å². The Bertz CT molecular complexity index is 575. The summed E-state index contributed by atoms with van der Waals surface area (Å²) in [6, 6.07) is 4.27. The summed E-state index contributed by atoms with van der Waals surface area (Å²) in [6.45, 7) is 8.86. The van der Waals surface area contributed by atoms with Gasteiger partial charge in [-0.1, -0.05) is 13.0 Å². The van der Waals surface area contributed by atoms with E-state index in [1.165, 1.54) is 4.88 Å². The minimum atomic E-state index is 0.455. The minimum Gasteiger partial charge on any atom is -0.357 e. The molecule has 0 bridgehead atoms. The predicted octanol–water partition coefficient (Wildman–Crippen LogP) is 3.41. The highest BCUT2D eigenvalue weighted by Gasteiger charge is 2.06. The van der Waals surface area contributed by atoms with Crippen LogP contribution in [0.5, 0.6) is 0 Å². The average molecular weight is 337 g/mol. The van der Waals surface area contributed by atoms with Crippen molar-refractivity contribution in [3.8, 4) is 0 Å². The van der Waals surface area contributed by atoms with E-state index in [-0.39, 0.29) is 0 Å². The Morgan fingerprint density at radius 2 is 2.23 bits per heavy atom. The number of aromatic nitrogens is 1. The van der Waals surface area contributed by atoms with Gasteiger partial charge in [-0.2, -0.15) is 0 Å². The summed E-state index contributed by atoms with van der Waals surface area (Å²) in [4.78, 5) is 10.6. The molecule has 0 aromatic carbocycles. The van der Waals surface area contributed by atoms with Gasteiger partial charge in [0.25, 0.3) is 0 Å². The second kappa shape index (κ2) is 8.90. The van der Waals surface area contributed by atoms with Gasteiger partial charge < -0.3 is 10.6 Å². The van der Waals surface area contributed by atoms with Crippen molar-refractivity contribution in [3.05, 3.63) is 38.5 Å². The maximum Gasteiger partial charge on any atom is 0.191 e. The second-order valence-corrected chi connectivity index (χ2v) is 7.21. The Kier molecular flexibility index (Phi) is 6.86. The lowest BCUT2D eigenvalue weighted by Crippen LogP contribution is -2.38. The van der Waals surface area contributed by atoms with Crippen LogP contribution >= 0.6 is 22.7 Å². The molecule has 0 amide bonds. The fourth-order valence-electron chi connectivity index (χ4n) is 2.06. The maximum absolute atomic E-state index is 4.69. The van der Waals surface area contributed by atoms with Crippen LogP contribution in [0.25, 0.3) is 0 Å². The fraction of sp³-hybridized carbons (Fsp3) is 0.500. The summed E-state index contributed by atoms with van der Waals surface area (Å²) < 4.78 is 0. The van der Waals surface area contributed by atoms with E-state index >= 15 is 0 Å². The van der Waals surface area contributed by atoms with Gasteiger partial charge in [-0.15, -0.1) is 22.7 Å². The summed E-state index contributed by atoms with van der Waals surface area (Å²) in [7, 11) is 0. The van der Waals surface area contributed by atoms with Crippen LogP contribution in [0.4, 0.5) is 0 Å². The largest absolute Gasteiger partial charge is 0.357 e. The summed E-state index contributed by atoms with van der Waals surface area (Å²) in [6.07, 6.45) is 0.926. The van der Waals surface area contributed by atoms with Crippen molar-refractivity contribution >= 4 is 28.6 Å². The first-order chi connectivity index (χ1) is 10.7. The third kappa shape index (κ3) is 5.42. The zero-order valence-electron chi connectivity index (χ0n) is 13.4. The SMILES string of the molecule is CCNC(=NCC(C)c1cccs1)NCCc1csc(C)n1. The van der Waals surface area contributed by atoms with Gasteiger partial charge >= 0.3 is 0 Å². The van der Waals surface area contributed by atoms with Crippen molar-refractivity contribution < 1.29 is 0 Å². The van der Waals surface area contributed by atoms with Crippen LogP contribution < -0.4 is 10.6 Å². The molecule has 0 aliphatic carbocycles. The number of guanidine groups is 1. The zero-order chi connectivity index (χ0) is 15.8. The third-order valence-corrected chi connectivity index (χ3v) is 5.16. The molecule has 22 heavy (non-hydrogen) atoms. The average Bonchev–Trinajstić information content (AvgIpc) is 3.16. The molecule has 0 aliphatic rings. The molecule has 1 atom stereocenters. The van der Waals surface area contributed by atoms with E-state index in [0.29, 0.717) is 5.92 Å². The molecular formula is C16H24N4S2. The van der Waals surface area contributed by atoms with Gasteiger partial charge in [-0.3, -0.25) is 4.99 Å². The lowest BCUT2D eigenvalue weighted by atomic mass is 10.1. The lowest BCUT2D eigenvalue weighted by Gasteiger charge is -2.12. The molecule has 6 heteroatoms. The van der Waals surface area contributed by atoms with Crippen molar-refractivity contribution in [3.63, 3.8) is 0 Å². The van der Waals surface area contributed by atoms with Crippen molar-refractivity contribution in [2.24, 2.45) is 4.99 Å². The standard InChI is InChI=1S/C16H24N4S2/c1-4-17-16(18-8-7-14-11-22-13(3)20-14)19-10-12(2)15-6-5-9-21-15/h5-6,9,11-12H,4,7-8,10H2,1-3H3,(H2,17,18,19). The molecule has 0 saturated heterocycles. The van der Waals surface area contributed by atoms with E-state index in [0.717, 1.165) is 42.7 Å². The van der Waals surface area contributed by atoms with Gasteiger partial charge in [-0.25, -0.2) is 4.98 Å². The molecule has 4 nitrogen and oxygen atoms in total. The van der Waals surface area contributed by atoms with E-state index in [1.54, 1.807) is 22.7 Å². The van der Waals surface area contributed by atoms with Crippen LogP contribution in [-0.4, -0.2) is 30.6 Å². The third-order valence-electron chi connectivity index (χ3n) is 3.24. The first kappa shape index (κ1) is 17.0. The first-order valence-corrected chi connectivity index (χ1v) is 9.41. The molecule has 0 spiro atoms. The van der Waals surface area contributed by atoms with E-state index in [2.05, 4.69) is 57.4 Å². The summed E-state index contributed by atoms with van der Waals surface area (Å²) >= 11 is 3.50. The Morgan fingerprint density at radius 1 is 1.36 bits per heavy atom. The highest BCUT2D eigenvalue weighted by Crippen LogP contribution is 2.20. The maximum atomic E-state index is 4.69. The van der Waals surface area contributed by atoms with Gasteiger partial charge in [0, 0.05) is 35.7 Å². The predicted molar refractivity (Wildman–Crippen MR) is 97.3 cm³/mol. The Hall–Kier alpha value is -1.40. The van der Waals surface area contributed by atoms with Crippen LogP contribution in [0.3, 0.4) is 0 Å². The number of nitrogens with zero attached hydrogens (tertiary/aromatic N) is 2. The molecule has 1 unspecified atom stereocenters. The molecule has 2 heterocycles. The number of thiophene rings is 1. The minimum absolute atomic E-state index is 0.455. The van der Waals surface area contributed by atoms with Gasteiger partial charge in [0.05, 0.1) is 17.2 Å². The second-order valence-electron chi connectivity index (χ2n) is 5.17. The Balaban J connectivity index is 1.81. The number of aryl methyl sites for hydroxylation is 1. The van der Waals surface area contributed by atoms with E-state index in [1.807, 2.05) is 6.92 Å². The number of aliphatic imine (C=N–C) groups is 1. The van der Waals surface area contributed by atoms with Crippen LogP contribution in [0.1, 0.15) is 35.3 Å². The molecule has 2 rings (SSSR count). The Labute approximate surface area is 140 Å². The van der Waals surface area contributed by atoms with Crippen LogP contribution in [0.15, 0.2) is 27.9 Å². The van der Waals surface area contributed by atoms with Crippen LogP contribution in [-0.2, 0) is 6.42 Å². The zero-order valence-corrected chi connectivity index (χ0v) is 15.1. The number of nitrogens with one attached hydrogen (secondary N) is 2. The summed E-state index contributed by atoms with van der Waals surface area (Å²) in [5, 5.41) is 12.1. The quantitative estimate of drug-likeness (QED) is 0.602. The molecule has 2 N–H and O–H groups in total. The van der Waals surface area contributed by atoms with Crippen molar-refractivity contribution in [2.75, 3.05) is 19.6 Å². The van der Waals surface area contributed by atoms with Gasteiger partial charge in [0.1, 0.15) is 0 Å². The van der Waals surface area contributed by atoms with Crippen molar-refractivity contribution in [1.29, 1.82) is 0 Å². The lowest BCUT2D eigenvalue weighted by molar-refractivity contribution is 0.752. The number of hydrogen-bond acceptors (Lipinski definition) is 4. The van der Waals surface area contributed by atoms with Gasteiger partial charge in [-0.05, 0) is 25.3 Å². The molecule has 0 radical (unpaired) electrons.